The molecule has 3 aromatic rings. The third kappa shape index (κ3) is 3.58. The number of esters is 1. The summed E-state index contributed by atoms with van der Waals surface area (Å²) in [5.74, 6) is -1.02. The number of benzene rings is 2. The van der Waals surface area contributed by atoms with Crippen LogP contribution in [-0.4, -0.2) is 27.6 Å². The lowest BCUT2D eigenvalue weighted by atomic mass is 10.0. The average Bonchev–Trinajstić information content (AvgIpc) is 2.69. The SMILES string of the molecule is CCn1nc(C(=O)O[C@H](C)C(=O)c2ccc(C)c(C)c2)c2ccccc2c1=O. The molecule has 0 aliphatic rings. The van der Waals surface area contributed by atoms with Crippen molar-refractivity contribution >= 4 is 22.5 Å². The highest BCUT2D eigenvalue weighted by Crippen LogP contribution is 2.17. The molecule has 6 nitrogen and oxygen atoms in total. The topological polar surface area (TPSA) is 78.3 Å². The Morgan fingerprint density at radius 3 is 2.39 bits per heavy atom. The zero-order valence-corrected chi connectivity index (χ0v) is 16.4. The van der Waals surface area contributed by atoms with Crippen LogP contribution in [0.25, 0.3) is 10.8 Å². The van der Waals surface area contributed by atoms with Gasteiger partial charge < -0.3 is 4.74 Å². The Kier molecular flexibility index (Phi) is 5.40. The lowest BCUT2D eigenvalue weighted by molar-refractivity contribution is 0.0313. The monoisotopic (exact) mass is 378 g/mol. The first-order valence-corrected chi connectivity index (χ1v) is 9.15. The summed E-state index contributed by atoms with van der Waals surface area (Å²) in [6.45, 7) is 7.51. The Bertz CT molecular complexity index is 1130. The maximum Gasteiger partial charge on any atom is 0.360 e. The Labute approximate surface area is 162 Å². The van der Waals surface area contributed by atoms with Crippen molar-refractivity contribution in [3.05, 3.63) is 75.2 Å². The fourth-order valence-corrected chi connectivity index (χ4v) is 3.00. The molecular weight excluding hydrogens is 356 g/mol. The van der Waals surface area contributed by atoms with Gasteiger partial charge in [-0.05, 0) is 51.0 Å². The van der Waals surface area contributed by atoms with E-state index in [1.807, 2.05) is 19.9 Å². The van der Waals surface area contributed by atoms with Crippen LogP contribution in [0.3, 0.4) is 0 Å². The van der Waals surface area contributed by atoms with Gasteiger partial charge in [-0.25, -0.2) is 9.48 Å². The van der Waals surface area contributed by atoms with Crippen LogP contribution in [0.4, 0.5) is 0 Å². The second kappa shape index (κ2) is 7.76. The number of aromatic nitrogens is 2. The number of ketones is 1. The molecule has 0 spiro atoms. The second-order valence-corrected chi connectivity index (χ2v) is 6.73. The van der Waals surface area contributed by atoms with Crippen LogP contribution in [0.15, 0.2) is 47.3 Å². The van der Waals surface area contributed by atoms with Gasteiger partial charge in [0.1, 0.15) is 0 Å². The molecule has 1 heterocycles. The molecule has 0 radical (unpaired) electrons. The molecule has 0 amide bonds. The van der Waals surface area contributed by atoms with Gasteiger partial charge in [-0.1, -0.05) is 30.3 Å². The van der Waals surface area contributed by atoms with Gasteiger partial charge in [0.05, 0.1) is 5.39 Å². The second-order valence-electron chi connectivity index (χ2n) is 6.73. The number of hydrogen-bond donors (Lipinski definition) is 0. The van der Waals surface area contributed by atoms with Crippen LogP contribution < -0.4 is 5.56 Å². The lowest BCUT2D eigenvalue weighted by Crippen LogP contribution is -2.29. The van der Waals surface area contributed by atoms with Gasteiger partial charge in [0.2, 0.25) is 5.78 Å². The maximum atomic E-state index is 12.8. The third-order valence-corrected chi connectivity index (χ3v) is 4.81. The van der Waals surface area contributed by atoms with Gasteiger partial charge in [-0.15, -0.1) is 0 Å². The van der Waals surface area contributed by atoms with E-state index in [9.17, 15) is 14.4 Å². The Morgan fingerprint density at radius 2 is 1.75 bits per heavy atom. The van der Waals surface area contributed by atoms with Crippen molar-refractivity contribution < 1.29 is 14.3 Å². The number of carbonyl (C=O) groups excluding carboxylic acids is 2. The molecule has 0 unspecified atom stereocenters. The first kappa shape index (κ1) is 19.5. The summed E-state index contributed by atoms with van der Waals surface area (Å²) >= 11 is 0. The summed E-state index contributed by atoms with van der Waals surface area (Å²) in [5, 5.41) is 4.95. The van der Waals surface area contributed by atoms with E-state index in [0.29, 0.717) is 22.9 Å². The van der Waals surface area contributed by atoms with Crippen molar-refractivity contribution in [3.63, 3.8) is 0 Å². The summed E-state index contributed by atoms with van der Waals surface area (Å²) in [5.41, 5.74) is 2.32. The molecular formula is C22H22N2O4. The van der Waals surface area contributed by atoms with Crippen LogP contribution in [0.5, 0.6) is 0 Å². The van der Waals surface area contributed by atoms with Gasteiger partial charge in [-0.2, -0.15) is 5.10 Å². The van der Waals surface area contributed by atoms with E-state index >= 15 is 0 Å². The van der Waals surface area contributed by atoms with Crippen LogP contribution in [0.1, 0.15) is 45.8 Å². The molecule has 6 heteroatoms. The molecule has 1 aromatic heterocycles. The molecule has 2 aromatic carbocycles. The van der Waals surface area contributed by atoms with Crippen molar-refractivity contribution in [2.24, 2.45) is 0 Å². The standard InChI is InChI=1S/C22H22N2O4/c1-5-24-21(26)18-9-7-6-8-17(18)19(23-24)22(27)28-15(4)20(25)16-11-10-13(2)14(3)12-16/h6-12,15H,5H2,1-4H3/t15-/m1/s1. The molecule has 0 saturated heterocycles. The molecule has 144 valence electrons. The number of aryl methyl sites for hydroxylation is 3. The molecule has 3 rings (SSSR count). The minimum absolute atomic E-state index is 0.0248. The summed E-state index contributed by atoms with van der Waals surface area (Å²) in [4.78, 5) is 37.8. The molecule has 0 fully saturated rings. The van der Waals surface area contributed by atoms with Gasteiger partial charge in [0.15, 0.2) is 11.8 Å². The van der Waals surface area contributed by atoms with E-state index in [1.54, 1.807) is 43.3 Å². The predicted molar refractivity (Wildman–Crippen MR) is 107 cm³/mol. The smallest absolute Gasteiger partial charge is 0.360 e. The van der Waals surface area contributed by atoms with Crippen molar-refractivity contribution in [2.75, 3.05) is 0 Å². The van der Waals surface area contributed by atoms with Gasteiger partial charge in [-0.3, -0.25) is 9.59 Å². The van der Waals surface area contributed by atoms with Crippen LogP contribution in [-0.2, 0) is 11.3 Å². The molecule has 28 heavy (non-hydrogen) atoms. The lowest BCUT2D eigenvalue weighted by Gasteiger charge is -2.14. The molecule has 0 bridgehead atoms. The van der Waals surface area contributed by atoms with E-state index in [4.69, 9.17) is 4.74 Å². The van der Waals surface area contributed by atoms with E-state index < -0.39 is 12.1 Å². The number of fused-ring (bicyclic) bond motifs is 1. The minimum atomic E-state index is -0.975. The van der Waals surface area contributed by atoms with E-state index in [0.717, 1.165) is 11.1 Å². The predicted octanol–water partition coefficient (Wildman–Crippen LogP) is 3.46. The minimum Gasteiger partial charge on any atom is -0.449 e. The van der Waals surface area contributed by atoms with Crippen molar-refractivity contribution in [1.82, 2.24) is 9.78 Å². The molecule has 0 aliphatic heterocycles. The quantitative estimate of drug-likeness (QED) is 0.502. The average molecular weight is 378 g/mol. The number of hydrogen-bond acceptors (Lipinski definition) is 5. The highest BCUT2D eigenvalue weighted by molar-refractivity contribution is 6.05. The summed E-state index contributed by atoms with van der Waals surface area (Å²) in [7, 11) is 0. The van der Waals surface area contributed by atoms with Gasteiger partial charge >= 0.3 is 5.97 Å². The van der Waals surface area contributed by atoms with Crippen LogP contribution in [0, 0.1) is 13.8 Å². The highest BCUT2D eigenvalue weighted by Gasteiger charge is 2.24. The summed E-state index contributed by atoms with van der Waals surface area (Å²) in [6.07, 6.45) is -0.975. The zero-order chi connectivity index (χ0) is 20.4. The van der Waals surface area contributed by atoms with E-state index in [-0.39, 0.29) is 17.0 Å². The van der Waals surface area contributed by atoms with E-state index in [2.05, 4.69) is 5.10 Å². The first-order chi connectivity index (χ1) is 13.3. The number of rotatable bonds is 5. The number of Topliss-reactive ketones (excluding diaryl/α,β-unsaturated/α-hetero) is 1. The molecule has 0 aliphatic carbocycles. The normalized spacial score (nSPS) is 12.0. The Morgan fingerprint density at radius 1 is 1.07 bits per heavy atom. The maximum absolute atomic E-state index is 12.8. The zero-order valence-electron chi connectivity index (χ0n) is 16.4. The third-order valence-electron chi connectivity index (χ3n) is 4.81. The van der Waals surface area contributed by atoms with Crippen molar-refractivity contribution in [1.29, 1.82) is 0 Å². The van der Waals surface area contributed by atoms with Crippen LogP contribution in [0.2, 0.25) is 0 Å². The molecule has 1 atom stereocenters. The number of ether oxygens (including phenoxy) is 1. The first-order valence-electron chi connectivity index (χ1n) is 9.15. The van der Waals surface area contributed by atoms with Gasteiger partial charge in [0, 0.05) is 17.5 Å². The largest absolute Gasteiger partial charge is 0.449 e. The van der Waals surface area contributed by atoms with Crippen molar-refractivity contribution in [3.8, 4) is 0 Å². The van der Waals surface area contributed by atoms with Crippen LogP contribution >= 0.6 is 0 Å². The van der Waals surface area contributed by atoms with Gasteiger partial charge in [0.25, 0.3) is 5.56 Å². The fourth-order valence-electron chi connectivity index (χ4n) is 3.00. The number of carbonyl (C=O) groups is 2. The highest BCUT2D eigenvalue weighted by atomic mass is 16.5. The van der Waals surface area contributed by atoms with E-state index in [1.165, 1.54) is 11.6 Å². The van der Waals surface area contributed by atoms with Crippen molar-refractivity contribution in [2.45, 2.75) is 40.3 Å². The Balaban J connectivity index is 1.92. The fraction of sp³-hybridized carbons (Fsp3) is 0.273. The molecule has 0 N–H and O–H groups in total. The number of nitrogens with zero attached hydrogens (tertiary/aromatic N) is 2. The molecule has 0 saturated carbocycles. The summed E-state index contributed by atoms with van der Waals surface area (Å²) < 4.78 is 6.62. The Hall–Kier alpha value is -3.28. The summed E-state index contributed by atoms with van der Waals surface area (Å²) in [6, 6.07) is 12.1.